The van der Waals surface area contributed by atoms with Crippen molar-refractivity contribution in [2.45, 2.75) is 18.9 Å². The summed E-state index contributed by atoms with van der Waals surface area (Å²) in [4.78, 5) is 23.6. The van der Waals surface area contributed by atoms with Crippen LogP contribution < -0.4 is 4.74 Å². The quantitative estimate of drug-likeness (QED) is 0.632. The first-order valence-corrected chi connectivity index (χ1v) is 10.1. The lowest BCUT2D eigenvalue weighted by atomic mass is 10.1. The van der Waals surface area contributed by atoms with Crippen molar-refractivity contribution in [3.05, 3.63) is 89.5 Å². The Morgan fingerprint density at radius 1 is 1.13 bits per heavy atom. The number of benzene rings is 1. The molecule has 6 heteroatoms. The Bertz CT molecular complexity index is 994. The van der Waals surface area contributed by atoms with Gasteiger partial charge < -0.3 is 14.4 Å². The molecule has 1 atom stereocenters. The number of carbonyl (C=O) groups is 1. The van der Waals surface area contributed by atoms with Crippen LogP contribution in [0.2, 0.25) is 0 Å². The first kappa shape index (κ1) is 20.0. The van der Waals surface area contributed by atoms with Crippen LogP contribution in [0.25, 0.3) is 0 Å². The third-order valence-corrected chi connectivity index (χ3v) is 5.16. The van der Waals surface area contributed by atoms with Crippen LogP contribution in [0.1, 0.15) is 28.7 Å². The van der Waals surface area contributed by atoms with Crippen LogP contribution in [0.4, 0.5) is 0 Å². The molecular formula is C24H25N3O3. The van der Waals surface area contributed by atoms with Crippen molar-refractivity contribution >= 4 is 5.91 Å². The Morgan fingerprint density at radius 3 is 2.83 bits per heavy atom. The van der Waals surface area contributed by atoms with Gasteiger partial charge in [-0.15, -0.1) is 0 Å². The zero-order valence-corrected chi connectivity index (χ0v) is 17.0. The van der Waals surface area contributed by atoms with Crippen LogP contribution in [0.5, 0.6) is 5.75 Å². The summed E-state index contributed by atoms with van der Waals surface area (Å²) in [7, 11) is 1.67. The summed E-state index contributed by atoms with van der Waals surface area (Å²) in [6.07, 6.45) is 2.50. The minimum atomic E-state index is -0.225. The van der Waals surface area contributed by atoms with Crippen LogP contribution in [0.3, 0.4) is 0 Å². The highest BCUT2D eigenvalue weighted by Gasteiger charge is 2.26. The minimum Gasteiger partial charge on any atom is -0.497 e. The Kier molecular flexibility index (Phi) is 6.35. The molecule has 1 fully saturated rings. The average Bonchev–Trinajstić information content (AvgIpc) is 2.80. The standard InChI is InChI=1S/C24H25N3O3/c1-29-21-9-4-6-18(15-21)14-20-8-5-10-22(26-20)23-17-27(12-13-30-23)24(28)16-19-7-2-3-11-25-19/h2-11,15,23H,12-14,16-17H2,1H3/t23-/m0/s1. The van der Waals surface area contributed by atoms with Gasteiger partial charge in [-0.05, 0) is 42.0 Å². The molecule has 0 aliphatic carbocycles. The third kappa shape index (κ3) is 5.02. The van der Waals surface area contributed by atoms with Gasteiger partial charge in [0.05, 0.1) is 32.4 Å². The second-order valence-corrected chi connectivity index (χ2v) is 7.28. The van der Waals surface area contributed by atoms with E-state index in [0.717, 1.165) is 28.4 Å². The van der Waals surface area contributed by atoms with E-state index in [1.807, 2.05) is 59.5 Å². The number of rotatable bonds is 6. The number of nitrogens with zero attached hydrogens (tertiary/aromatic N) is 3. The number of ether oxygens (including phenoxy) is 2. The molecule has 154 valence electrons. The normalized spacial score (nSPS) is 16.3. The molecule has 6 nitrogen and oxygen atoms in total. The maximum Gasteiger partial charge on any atom is 0.228 e. The number of methoxy groups -OCH3 is 1. The first-order valence-electron chi connectivity index (χ1n) is 10.1. The molecule has 1 aliphatic rings. The molecule has 1 amide bonds. The molecule has 1 aliphatic heterocycles. The molecule has 0 unspecified atom stereocenters. The molecule has 30 heavy (non-hydrogen) atoms. The zero-order chi connectivity index (χ0) is 20.8. The molecule has 0 N–H and O–H groups in total. The molecule has 0 radical (unpaired) electrons. The summed E-state index contributed by atoms with van der Waals surface area (Å²) in [5.41, 5.74) is 3.73. The fraction of sp³-hybridized carbons (Fsp3) is 0.292. The van der Waals surface area contributed by atoms with Crippen molar-refractivity contribution in [3.8, 4) is 5.75 Å². The average molecular weight is 403 g/mol. The monoisotopic (exact) mass is 403 g/mol. The molecule has 2 aromatic heterocycles. The van der Waals surface area contributed by atoms with E-state index in [1.54, 1.807) is 13.3 Å². The molecule has 0 saturated carbocycles. The number of hydrogen-bond acceptors (Lipinski definition) is 5. The van der Waals surface area contributed by atoms with Crippen molar-refractivity contribution in [2.24, 2.45) is 0 Å². The number of morpholine rings is 1. The molecule has 0 bridgehead atoms. The maximum absolute atomic E-state index is 12.7. The Labute approximate surface area is 176 Å². The highest BCUT2D eigenvalue weighted by atomic mass is 16.5. The highest BCUT2D eigenvalue weighted by molar-refractivity contribution is 5.78. The van der Waals surface area contributed by atoms with Crippen molar-refractivity contribution in [3.63, 3.8) is 0 Å². The number of aromatic nitrogens is 2. The third-order valence-electron chi connectivity index (χ3n) is 5.16. The van der Waals surface area contributed by atoms with E-state index in [4.69, 9.17) is 14.5 Å². The van der Waals surface area contributed by atoms with Gasteiger partial charge in [-0.2, -0.15) is 0 Å². The first-order chi connectivity index (χ1) is 14.7. The lowest BCUT2D eigenvalue weighted by Gasteiger charge is -2.32. The number of carbonyl (C=O) groups excluding carboxylic acids is 1. The molecule has 4 rings (SSSR count). The molecule has 0 spiro atoms. The van der Waals surface area contributed by atoms with Crippen molar-refractivity contribution in [1.82, 2.24) is 14.9 Å². The second kappa shape index (κ2) is 9.50. The summed E-state index contributed by atoms with van der Waals surface area (Å²) in [5, 5.41) is 0. The fourth-order valence-electron chi connectivity index (χ4n) is 3.59. The van der Waals surface area contributed by atoms with Gasteiger partial charge in [0.25, 0.3) is 0 Å². The number of amides is 1. The van der Waals surface area contributed by atoms with Crippen LogP contribution in [-0.2, 0) is 22.4 Å². The Morgan fingerprint density at radius 2 is 2.00 bits per heavy atom. The van der Waals surface area contributed by atoms with Crippen molar-refractivity contribution in [1.29, 1.82) is 0 Å². The summed E-state index contributed by atoms with van der Waals surface area (Å²) in [5.74, 6) is 0.899. The highest BCUT2D eigenvalue weighted by Crippen LogP contribution is 2.22. The summed E-state index contributed by atoms with van der Waals surface area (Å²) >= 11 is 0. The van der Waals surface area contributed by atoms with Gasteiger partial charge in [0, 0.05) is 30.6 Å². The van der Waals surface area contributed by atoms with Gasteiger partial charge in [0.2, 0.25) is 5.91 Å². The fourth-order valence-corrected chi connectivity index (χ4v) is 3.59. The van der Waals surface area contributed by atoms with E-state index >= 15 is 0 Å². The summed E-state index contributed by atoms with van der Waals surface area (Å²) in [6, 6.07) is 19.6. The Balaban J connectivity index is 1.43. The summed E-state index contributed by atoms with van der Waals surface area (Å²) in [6.45, 7) is 1.59. The second-order valence-electron chi connectivity index (χ2n) is 7.28. The van der Waals surface area contributed by atoms with Crippen LogP contribution in [-0.4, -0.2) is 47.6 Å². The molecular weight excluding hydrogens is 378 g/mol. The lowest BCUT2D eigenvalue weighted by molar-refractivity contribution is -0.138. The van der Waals surface area contributed by atoms with Gasteiger partial charge in [0.15, 0.2) is 0 Å². The molecule has 3 heterocycles. The maximum atomic E-state index is 12.7. The predicted octanol–water partition coefficient (Wildman–Crippen LogP) is 3.22. The van der Waals surface area contributed by atoms with Crippen LogP contribution in [0.15, 0.2) is 66.9 Å². The number of pyridine rings is 2. The molecule has 1 aromatic carbocycles. The minimum absolute atomic E-state index is 0.0644. The van der Waals surface area contributed by atoms with Crippen LogP contribution >= 0.6 is 0 Å². The molecule has 1 saturated heterocycles. The van der Waals surface area contributed by atoms with Gasteiger partial charge in [0.1, 0.15) is 11.9 Å². The van der Waals surface area contributed by atoms with Gasteiger partial charge in [-0.3, -0.25) is 14.8 Å². The van der Waals surface area contributed by atoms with Gasteiger partial charge in [-0.25, -0.2) is 0 Å². The topological polar surface area (TPSA) is 64.5 Å². The largest absolute Gasteiger partial charge is 0.497 e. The summed E-state index contributed by atoms with van der Waals surface area (Å²) < 4.78 is 11.3. The Hall–Kier alpha value is -3.25. The van der Waals surface area contributed by atoms with E-state index < -0.39 is 0 Å². The van der Waals surface area contributed by atoms with Gasteiger partial charge in [-0.1, -0.05) is 24.3 Å². The number of hydrogen-bond donors (Lipinski definition) is 0. The predicted molar refractivity (Wildman–Crippen MR) is 113 cm³/mol. The van der Waals surface area contributed by atoms with E-state index in [0.29, 0.717) is 32.5 Å². The van der Waals surface area contributed by atoms with E-state index in [9.17, 15) is 4.79 Å². The van der Waals surface area contributed by atoms with E-state index in [-0.39, 0.29) is 12.0 Å². The van der Waals surface area contributed by atoms with Crippen molar-refractivity contribution in [2.75, 3.05) is 26.8 Å². The van der Waals surface area contributed by atoms with E-state index in [2.05, 4.69) is 11.1 Å². The lowest BCUT2D eigenvalue weighted by Crippen LogP contribution is -2.43. The van der Waals surface area contributed by atoms with Crippen LogP contribution in [0, 0.1) is 0 Å². The van der Waals surface area contributed by atoms with E-state index in [1.165, 1.54) is 0 Å². The SMILES string of the molecule is COc1cccc(Cc2cccc([C@@H]3CN(C(=O)Cc4ccccn4)CCO3)n2)c1. The molecule has 3 aromatic rings. The smallest absolute Gasteiger partial charge is 0.228 e. The zero-order valence-electron chi connectivity index (χ0n) is 17.0. The van der Waals surface area contributed by atoms with Gasteiger partial charge >= 0.3 is 0 Å². The van der Waals surface area contributed by atoms with Crippen molar-refractivity contribution < 1.29 is 14.3 Å².